The molecule has 0 saturated carbocycles. The molecule has 5 aromatic rings. The van der Waals surface area contributed by atoms with Crippen LogP contribution in [0.4, 0.5) is 0 Å². The zero-order valence-electron chi connectivity index (χ0n) is 13.1. The summed E-state index contributed by atoms with van der Waals surface area (Å²) in [6.45, 7) is 0. The van der Waals surface area contributed by atoms with Crippen LogP contribution >= 0.6 is 0 Å². The minimum atomic E-state index is 0.916. The van der Waals surface area contributed by atoms with Crippen LogP contribution in [0, 0.1) is 0 Å². The average molecular weight is 307 g/mol. The molecule has 1 nitrogen and oxygen atoms in total. The van der Waals surface area contributed by atoms with Crippen molar-refractivity contribution in [2.75, 3.05) is 0 Å². The van der Waals surface area contributed by atoms with Crippen molar-refractivity contribution in [2.45, 2.75) is 0 Å². The van der Waals surface area contributed by atoms with Crippen molar-refractivity contribution in [1.29, 1.82) is 0 Å². The molecule has 24 heavy (non-hydrogen) atoms. The first-order valence-corrected chi connectivity index (χ1v) is 8.13. The van der Waals surface area contributed by atoms with Crippen LogP contribution in [0.3, 0.4) is 0 Å². The molecular formula is C23H15O+. The SMILES string of the molecule is c1ccc2c(-c3c4ccccc4[o+]c4ccccc34)cccc2c1. The number of benzene rings is 4. The first kappa shape index (κ1) is 13.3. The summed E-state index contributed by atoms with van der Waals surface area (Å²) in [5, 5.41) is 4.81. The van der Waals surface area contributed by atoms with E-state index in [1.54, 1.807) is 0 Å². The molecule has 5 rings (SSSR count). The van der Waals surface area contributed by atoms with Gasteiger partial charge in [0, 0.05) is 17.7 Å². The van der Waals surface area contributed by atoms with Gasteiger partial charge in [0.2, 0.25) is 0 Å². The van der Waals surface area contributed by atoms with E-state index in [-0.39, 0.29) is 0 Å². The molecule has 1 heterocycles. The molecule has 0 fully saturated rings. The molecule has 1 aromatic heterocycles. The summed E-state index contributed by atoms with van der Waals surface area (Å²) >= 11 is 0. The van der Waals surface area contributed by atoms with Gasteiger partial charge in [-0.2, -0.15) is 0 Å². The van der Waals surface area contributed by atoms with Gasteiger partial charge in [0.1, 0.15) is 0 Å². The molecule has 1 heteroatoms. The van der Waals surface area contributed by atoms with E-state index in [0.29, 0.717) is 0 Å². The Balaban J connectivity index is 2.04. The van der Waals surface area contributed by atoms with Gasteiger partial charge in [-0.1, -0.05) is 66.7 Å². The Hall–Kier alpha value is -3.19. The van der Waals surface area contributed by atoms with Crippen LogP contribution in [0.25, 0.3) is 43.8 Å². The van der Waals surface area contributed by atoms with E-state index in [1.807, 2.05) is 24.3 Å². The number of hydrogen-bond donors (Lipinski definition) is 0. The highest BCUT2D eigenvalue weighted by molar-refractivity contribution is 6.13. The molecule has 0 radical (unpaired) electrons. The minimum absolute atomic E-state index is 0.916. The molecular weight excluding hydrogens is 292 g/mol. The van der Waals surface area contributed by atoms with E-state index in [4.69, 9.17) is 4.42 Å². The number of rotatable bonds is 1. The average Bonchev–Trinajstić information content (AvgIpc) is 2.66. The molecule has 4 aromatic carbocycles. The van der Waals surface area contributed by atoms with Gasteiger partial charge < -0.3 is 0 Å². The van der Waals surface area contributed by atoms with Crippen molar-refractivity contribution in [3.05, 3.63) is 91.0 Å². The highest BCUT2D eigenvalue weighted by atomic mass is 16.3. The Morgan fingerprint density at radius 1 is 0.458 bits per heavy atom. The number of para-hydroxylation sites is 2. The third-order valence-electron chi connectivity index (χ3n) is 4.59. The van der Waals surface area contributed by atoms with Crippen LogP contribution in [0.5, 0.6) is 0 Å². The van der Waals surface area contributed by atoms with E-state index >= 15 is 0 Å². The van der Waals surface area contributed by atoms with Crippen LogP contribution in [0.2, 0.25) is 0 Å². The molecule has 0 aliphatic carbocycles. The predicted molar refractivity (Wildman–Crippen MR) is 101 cm³/mol. The fraction of sp³-hybridized carbons (Fsp3) is 0. The lowest BCUT2D eigenvalue weighted by molar-refractivity contribution is 0.661. The highest BCUT2D eigenvalue weighted by Gasteiger charge is 2.20. The molecule has 0 bridgehead atoms. The highest BCUT2D eigenvalue weighted by Crippen LogP contribution is 2.39. The third kappa shape index (κ3) is 1.92. The van der Waals surface area contributed by atoms with Gasteiger partial charge in [0.15, 0.2) is 0 Å². The van der Waals surface area contributed by atoms with Crippen molar-refractivity contribution in [3.63, 3.8) is 0 Å². The minimum Gasteiger partial charge on any atom is -0.207 e. The van der Waals surface area contributed by atoms with Gasteiger partial charge in [-0.3, -0.25) is 0 Å². The fourth-order valence-corrected chi connectivity index (χ4v) is 3.52. The van der Waals surface area contributed by atoms with E-state index < -0.39 is 0 Å². The normalized spacial score (nSPS) is 11.3. The molecule has 0 N–H and O–H groups in total. The summed E-state index contributed by atoms with van der Waals surface area (Å²) in [6.07, 6.45) is 0. The second kappa shape index (κ2) is 5.17. The van der Waals surface area contributed by atoms with Crippen LogP contribution in [-0.2, 0) is 0 Å². The van der Waals surface area contributed by atoms with Crippen LogP contribution in [-0.4, -0.2) is 0 Å². The summed E-state index contributed by atoms with van der Waals surface area (Å²) in [7, 11) is 0. The molecule has 0 saturated heterocycles. The Labute approximate surface area is 139 Å². The van der Waals surface area contributed by atoms with Gasteiger partial charge in [-0.05, 0) is 28.5 Å². The van der Waals surface area contributed by atoms with Crippen LogP contribution < -0.4 is 0 Å². The fourth-order valence-electron chi connectivity index (χ4n) is 3.52. The third-order valence-corrected chi connectivity index (χ3v) is 4.59. The largest absolute Gasteiger partial charge is 0.361 e. The van der Waals surface area contributed by atoms with E-state index in [1.165, 1.54) is 21.9 Å². The van der Waals surface area contributed by atoms with Crippen molar-refractivity contribution in [2.24, 2.45) is 0 Å². The summed E-state index contributed by atoms with van der Waals surface area (Å²) in [5.41, 5.74) is 4.32. The second-order valence-corrected chi connectivity index (χ2v) is 6.00. The standard InChI is InChI=1S/C23H15O/c1-2-10-17-16(8-1)9-7-13-18(17)23-19-11-3-5-14-21(19)24-22-15-6-4-12-20(22)23/h1-15H/q+1. The Bertz CT molecular complexity index is 1150. The van der Waals surface area contributed by atoms with Gasteiger partial charge in [0.25, 0.3) is 0 Å². The number of fused-ring (bicyclic) bond motifs is 3. The number of hydrogen-bond acceptors (Lipinski definition) is 0. The first-order chi connectivity index (χ1) is 11.9. The van der Waals surface area contributed by atoms with Gasteiger partial charge >= 0.3 is 11.2 Å². The second-order valence-electron chi connectivity index (χ2n) is 6.00. The lowest BCUT2D eigenvalue weighted by atomic mass is 9.93. The summed E-state index contributed by atoms with van der Waals surface area (Å²) in [6, 6.07) is 31.6. The molecule has 0 aliphatic heterocycles. The molecule has 0 unspecified atom stereocenters. The van der Waals surface area contributed by atoms with E-state index in [2.05, 4.69) is 66.7 Å². The lowest BCUT2D eigenvalue weighted by Crippen LogP contribution is -1.87. The van der Waals surface area contributed by atoms with Gasteiger partial charge in [-0.15, -0.1) is 0 Å². The van der Waals surface area contributed by atoms with Crippen LogP contribution in [0.1, 0.15) is 0 Å². The maximum Gasteiger partial charge on any atom is 0.361 e. The molecule has 0 atom stereocenters. The molecule has 0 spiro atoms. The summed E-state index contributed by atoms with van der Waals surface area (Å²) < 4.78 is 6.12. The Morgan fingerprint density at radius 3 is 1.71 bits per heavy atom. The molecule has 0 amide bonds. The quantitative estimate of drug-likeness (QED) is 0.248. The zero-order chi connectivity index (χ0) is 15.9. The Kier molecular flexibility index (Phi) is 2.86. The Morgan fingerprint density at radius 2 is 1.00 bits per heavy atom. The van der Waals surface area contributed by atoms with E-state index in [9.17, 15) is 0 Å². The van der Waals surface area contributed by atoms with Crippen LogP contribution in [0.15, 0.2) is 95.4 Å². The van der Waals surface area contributed by atoms with Gasteiger partial charge in [-0.25, -0.2) is 4.42 Å². The molecule has 0 aliphatic rings. The predicted octanol–water partition coefficient (Wildman–Crippen LogP) is 6.69. The first-order valence-electron chi connectivity index (χ1n) is 8.13. The topological polar surface area (TPSA) is 11.3 Å². The maximum absolute atomic E-state index is 6.12. The van der Waals surface area contributed by atoms with E-state index in [0.717, 1.165) is 21.9 Å². The summed E-state index contributed by atoms with van der Waals surface area (Å²) in [4.78, 5) is 0. The monoisotopic (exact) mass is 307 g/mol. The maximum atomic E-state index is 6.12. The smallest absolute Gasteiger partial charge is 0.207 e. The molecule has 112 valence electrons. The van der Waals surface area contributed by atoms with Crippen molar-refractivity contribution in [3.8, 4) is 11.1 Å². The summed E-state index contributed by atoms with van der Waals surface area (Å²) in [5.74, 6) is 0. The lowest BCUT2D eigenvalue weighted by Gasteiger charge is -2.09. The zero-order valence-corrected chi connectivity index (χ0v) is 13.1. The van der Waals surface area contributed by atoms with Crippen molar-refractivity contribution in [1.82, 2.24) is 0 Å². The van der Waals surface area contributed by atoms with Crippen molar-refractivity contribution < 1.29 is 4.42 Å². The van der Waals surface area contributed by atoms with Gasteiger partial charge in [0.05, 0.1) is 10.8 Å². The van der Waals surface area contributed by atoms with Crippen molar-refractivity contribution >= 4 is 32.7 Å².